The van der Waals surface area contributed by atoms with Crippen LogP contribution < -0.4 is 10.1 Å². The molecular weight excluding hydrogens is 522 g/mol. The van der Waals surface area contributed by atoms with Gasteiger partial charge in [-0.05, 0) is 54.1 Å². The van der Waals surface area contributed by atoms with E-state index in [1.165, 1.54) is 6.07 Å². The van der Waals surface area contributed by atoms with Crippen LogP contribution in [0.2, 0.25) is 5.02 Å². The smallest absolute Gasteiger partial charge is 0.419 e. The van der Waals surface area contributed by atoms with E-state index in [1.807, 2.05) is 0 Å². The van der Waals surface area contributed by atoms with Gasteiger partial charge in [-0.25, -0.2) is 4.39 Å². The molecule has 5 nitrogen and oxygen atoms in total. The number of ether oxygens (including phenoxy) is 1. The van der Waals surface area contributed by atoms with Crippen LogP contribution in [0.15, 0.2) is 60.7 Å². The Morgan fingerprint density at radius 3 is 2.32 bits per heavy atom. The second-order valence-electron chi connectivity index (χ2n) is 9.29. The van der Waals surface area contributed by atoms with Crippen molar-refractivity contribution in [1.82, 2.24) is 15.1 Å². The molecule has 1 fully saturated rings. The highest BCUT2D eigenvalue weighted by Gasteiger charge is 2.34. The largest absolute Gasteiger partial charge is 0.483 e. The van der Waals surface area contributed by atoms with E-state index in [2.05, 4.69) is 22.2 Å². The number of piperazine rings is 1. The Balaban J connectivity index is 1.52. The Kier molecular flexibility index (Phi) is 8.91. The fourth-order valence-electron chi connectivity index (χ4n) is 4.17. The van der Waals surface area contributed by atoms with Crippen LogP contribution in [0.3, 0.4) is 0 Å². The summed E-state index contributed by atoms with van der Waals surface area (Å²) in [5.74, 6) is -1.29. The van der Waals surface area contributed by atoms with Crippen molar-refractivity contribution in [2.24, 2.45) is 0 Å². The van der Waals surface area contributed by atoms with Crippen molar-refractivity contribution in [1.29, 1.82) is 0 Å². The molecule has 38 heavy (non-hydrogen) atoms. The number of benzene rings is 3. The molecule has 0 spiro atoms. The normalized spacial score (nSPS) is 14.9. The van der Waals surface area contributed by atoms with Gasteiger partial charge in [0, 0.05) is 49.9 Å². The van der Waals surface area contributed by atoms with Gasteiger partial charge in [0.25, 0.3) is 5.91 Å². The van der Waals surface area contributed by atoms with E-state index in [-0.39, 0.29) is 18.1 Å². The van der Waals surface area contributed by atoms with Crippen molar-refractivity contribution in [3.63, 3.8) is 0 Å². The molecule has 202 valence electrons. The minimum absolute atomic E-state index is 0.196. The summed E-state index contributed by atoms with van der Waals surface area (Å²) in [6.45, 7) is 4.12. The number of hydrogen-bond acceptors (Lipinski definition) is 4. The molecule has 1 aliphatic heterocycles. The van der Waals surface area contributed by atoms with Crippen LogP contribution >= 0.6 is 11.6 Å². The average Bonchev–Trinajstić information content (AvgIpc) is 2.88. The molecule has 4 rings (SSSR count). The zero-order valence-corrected chi connectivity index (χ0v) is 21.6. The molecule has 0 atom stereocenters. The zero-order chi connectivity index (χ0) is 27.3. The number of carbonyl (C=O) groups is 1. The molecule has 1 heterocycles. The lowest BCUT2D eigenvalue weighted by molar-refractivity contribution is -0.140. The van der Waals surface area contributed by atoms with Crippen LogP contribution in [0.1, 0.15) is 16.7 Å². The van der Waals surface area contributed by atoms with E-state index in [0.29, 0.717) is 29.4 Å². The predicted molar refractivity (Wildman–Crippen MR) is 138 cm³/mol. The van der Waals surface area contributed by atoms with Crippen molar-refractivity contribution in [2.75, 3.05) is 39.8 Å². The van der Waals surface area contributed by atoms with Gasteiger partial charge in [-0.2, -0.15) is 13.2 Å². The second kappa shape index (κ2) is 12.1. The van der Waals surface area contributed by atoms with Gasteiger partial charge in [0.05, 0.1) is 5.56 Å². The molecular formula is C28H28ClF4N3O2. The van der Waals surface area contributed by atoms with Crippen LogP contribution in [0, 0.1) is 5.82 Å². The molecule has 0 radical (unpaired) electrons. The summed E-state index contributed by atoms with van der Waals surface area (Å²) in [5.41, 5.74) is 0.968. The van der Waals surface area contributed by atoms with Gasteiger partial charge in [0.15, 0.2) is 6.61 Å². The molecule has 0 aromatic heterocycles. The number of rotatable bonds is 8. The summed E-state index contributed by atoms with van der Waals surface area (Å²) < 4.78 is 59.5. The SMILES string of the molecule is CN1CCN(Cc2ccc(-c3ccc(F)c(C(F)(F)F)c3)cc2OCC(=O)NCc2ccc(Cl)cc2)CC1. The molecule has 3 aromatic carbocycles. The number of hydrogen-bond donors (Lipinski definition) is 1. The number of amides is 1. The number of alkyl halides is 3. The van der Waals surface area contributed by atoms with Gasteiger partial charge >= 0.3 is 6.18 Å². The molecule has 0 bridgehead atoms. The maximum atomic E-state index is 13.8. The van der Waals surface area contributed by atoms with Crippen molar-refractivity contribution in [3.05, 3.63) is 88.2 Å². The van der Waals surface area contributed by atoms with Crippen LogP contribution in [0.4, 0.5) is 17.6 Å². The first-order chi connectivity index (χ1) is 18.1. The third kappa shape index (κ3) is 7.46. The average molecular weight is 550 g/mol. The van der Waals surface area contributed by atoms with E-state index in [0.717, 1.165) is 49.4 Å². The lowest BCUT2D eigenvalue weighted by atomic mass is 10.00. The van der Waals surface area contributed by atoms with Gasteiger partial charge in [0.1, 0.15) is 11.6 Å². The molecule has 0 aliphatic carbocycles. The summed E-state index contributed by atoms with van der Waals surface area (Å²) in [6.07, 6.45) is -4.82. The van der Waals surface area contributed by atoms with Gasteiger partial charge in [-0.1, -0.05) is 41.9 Å². The monoisotopic (exact) mass is 549 g/mol. The van der Waals surface area contributed by atoms with Crippen molar-refractivity contribution in [2.45, 2.75) is 19.3 Å². The van der Waals surface area contributed by atoms with Gasteiger partial charge in [0.2, 0.25) is 0 Å². The van der Waals surface area contributed by atoms with Crippen LogP contribution in [0.5, 0.6) is 5.75 Å². The predicted octanol–water partition coefficient (Wildman–Crippen LogP) is 5.61. The standard InChI is InChI=1S/C28H28ClF4N3O2/c1-35-10-12-36(13-11-35)17-22-5-4-21(20-6-9-25(30)24(14-20)28(31,32)33)15-26(22)38-18-27(37)34-16-19-2-7-23(29)8-3-19/h2-9,14-15H,10-13,16-18H2,1H3,(H,34,37). The molecule has 1 saturated heterocycles. The highest BCUT2D eigenvalue weighted by Crippen LogP contribution is 2.35. The summed E-state index contributed by atoms with van der Waals surface area (Å²) in [7, 11) is 2.06. The van der Waals surface area contributed by atoms with Crippen LogP contribution in [-0.4, -0.2) is 55.5 Å². The summed E-state index contributed by atoms with van der Waals surface area (Å²) in [4.78, 5) is 17.0. The first-order valence-electron chi connectivity index (χ1n) is 12.1. The third-order valence-corrected chi connectivity index (χ3v) is 6.68. The molecule has 1 aliphatic rings. The van der Waals surface area contributed by atoms with Crippen LogP contribution in [-0.2, 0) is 24.1 Å². The molecule has 10 heteroatoms. The molecule has 0 unspecified atom stereocenters. The second-order valence-corrected chi connectivity index (χ2v) is 9.72. The van der Waals surface area contributed by atoms with Crippen LogP contribution in [0.25, 0.3) is 11.1 Å². The first kappa shape index (κ1) is 27.9. The number of halogens is 5. The third-order valence-electron chi connectivity index (χ3n) is 6.42. The lowest BCUT2D eigenvalue weighted by Crippen LogP contribution is -2.43. The van der Waals surface area contributed by atoms with Crippen molar-refractivity contribution >= 4 is 17.5 Å². The minimum atomic E-state index is -4.82. The lowest BCUT2D eigenvalue weighted by Gasteiger charge is -2.32. The number of carbonyl (C=O) groups excluding carboxylic acids is 1. The summed E-state index contributed by atoms with van der Waals surface area (Å²) in [5, 5.41) is 3.38. The fourth-order valence-corrected chi connectivity index (χ4v) is 4.29. The number of likely N-dealkylation sites (N-methyl/N-ethyl adjacent to an activating group) is 1. The highest BCUT2D eigenvalue weighted by atomic mass is 35.5. The Morgan fingerprint density at radius 1 is 0.974 bits per heavy atom. The molecule has 1 amide bonds. The maximum Gasteiger partial charge on any atom is 0.419 e. The van der Waals surface area contributed by atoms with E-state index >= 15 is 0 Å². The number of nitrogens with zero attached hydrogens (tertiary/aromatic N) is 2. The Morgan fingerprint density at radius 2 is 1.63 bits per heavy atom. The summed E-state index contributed by atoms with van der Waals surface area (Å²) in [6, 6.07) is 15.0. The molecule has 0 saturated carbocycles. The van der Waals surface area contributed by atoms with Gasteiger partial charge < -0.3 is 15.0 Å². The van der Waals surface area contributed by atoms with Gasteiger partial charge in [-0.15, -0.1) is 0 Å². The van der Waals surface area contributed by atoms with Crippen molar-refractivity contribution < 1.29 is 27.1 Å². The first-order valence-corrected chi connectivity index (χ1v) is 12.5. The summed E-state index contributed by atoms with van der Waals surface area (Å²) >= 11 is 5.89. The Bertz CT molecular complexity index is 1260. The molecule has 1 N–H and O–H groups in total. The van der Waals surface area contributed by atoms with E-state index in [1.54, 1.807) is 42.5 Å². The Labute approximate surface area is 223 Å². The van der Waals surface area contributed by atoms with Crippen molar-refractivity contribution in [3.8, 4) is 16.9 Å². The quantitative estimate of drug-likeness (QED) is 0.371. The number of nitrogens with one attached hydrogen (secondary N) is 1. The topological polar surface area (TPSA) is 44.8 Å². The van der Waals surface area contributed by atoms with E-state index in [9.17, 15) is 22.4 Å². The van der Waals surface area contributed by atoms with E-state index in [4.69, 9.17) is 16.3 Å². The van der Waals surface area contributed by atoms with E-state index < -0.39 is 17.6 Å². The highest BCUT2D eigenvalue weighted by molar-refractivity contribution is 6.30. The maximum absolute atomic E-state index is 13.8. The fraction of sp³-hybridized carbons (Fsp3) is 0.321. The minimum Gasteiger partial charge on any atom is -0.483 e. The zero-order valence-electron chi connectivity index (χ0n) is 20.8. The van der Waals surface area contributed by atoms with Gasteiger partial charge in [-0.3, -0.25) is 9.69 Å². The molecule has 3 aromatic rings. The Hall–Kier alpha value is -3.14.